The molecule has 6 rings (SSSR count). The molecule has 3 aromatic heterocycles. The first kappa shape index (κ1) is 21.2. The van der Waals surface area contributed by atoms with Gasteiger partial charge in [0.05, 0.1) is 10.2 Å². The van der Waals surface area contributed by atoms with Gasteiger partial charge in [-0.25, -0.2) is 4.98 Å². The topological polar surface area (TPSA) is 73.0 Å². The second-order valence-electron chi connectivity index (χ2n) is 8.21. The molecule has 0 bridgehead atoms. The average Bonchev–Trinajstić information content (AvgIpc) is 3.45. The highest BCUT2D eigenvalue weighted by atomic mass is 32.1. The van der Waals surface area contributed by atoms with Crippen LogP contribution in [0, 0.1) is 0 Å². The third-order valence-corrected chi connectivity index (χ3v) is 7.25. The van der Waals surface area contributed by atoms with Crippen molar-refractivity contribution in [2.45, 2.75) is 6.92 Å². The summed E-state index contributed by atoms with van der Waals surface area (Å²) in [7, 11) is 1.85. The summed E-state index contributed by atoms with van der Waals surface area (Å²) in [4.78, 5) is 34.2. The fourth-order valence-corrected chi connectivity index (χ4v) is 5.50. The molecule has 0 saturated carbocycles. The van der Waals surface area contributed by atoms with Crippen LogP contribution in [-0.4, -0.2) is 31.8 Å². The minimum Gasteiger partial charge on any atom is -0.339 e. The molecule has 1 amide bonds. The largest absolute Gasteiger partial charge is 0.339 e. The van der Waals surface area contributed by atoms with Crippen molar-refractivity contribution >= 4 is 55.0 Å². The molecule has 0 unspecified atom stereocenters. The Labute approximate surface area is 204 Å². The monoisotopic (exact) mass is 479 g/mol. The van der Waals surface area contributed by atoms with Crippen molar-refractivity contribution in [2.75, 3.05) is 11.4 Å². The van der Waals surface area contributed by atoms with Crippen LogP contribution in [0.3, 0.4) is 0 Å². The molecule has 6 aromatic rings. The Hall–Kier alpha value is -4.30. The molecule has 0 atom stereocenters. The van der Waals surface area contributed by atoms with E-state index in [1.165, 1.54) is 16.0 Å². The van der Waals surface area contributed by atoms with Crippen LogP contribution in [0.5, 0.6) is 0 Å². The van der Waals surface area contributed by atoms with Gasteiger partial charge in [0.15, 0.2) is 5.69 Å². The number of fused-ring (bicyclic) bond motifs is 4. The molecule has 0 radical (unpaired) electrons. The van der Waals surface area contributed by atoms with Crippen LogP contribution in [0.1, 0.15) is 17.4 Å². The van der Waals surface area contributed by atoms with E-state index >= 15 is 0 Å². The molecule has 0 fully saturated rings. The van der Waals surface area contributed by atoms with Crippen molar-refractivity contribution in [3.8, 4) is 5.13 Å². The van der Waals surface area contributed by atoms with Gasteiger partial charge in [0.2, 0.25) is 5.13 Å². The molecule has 0 spiro atoms. The first-order chi connectivity index (χ1) is 17.1. The Balaban J connectivity index is 1.69. The van der Waals surface area contributed by atoms with Gasteiger partial charge in [-0.05, 0) is 37.3 Å². The van der Waals surface area contributed by atoms with E-state index in [0.29, 0.717) is 22.6 Å². The van der Waals surface area contributed by atoms with E-state index in [2.05, 4.69) is 10.1 Å². The van der Waals surface area contributed by atoms with E-state index in [4.69, 9.17) is 0 Å². The quantitative estimate of drug-likeness (QED) is 0.350. The number of rotatable bonds is 4. The summed E-state index contributed by atoms with van der Waals surface area (Å²) < 4.78 is 4.06. The van der Waals surface area contributed by atoms with E-state index in [1.54, 1.807) is 4.90 Å². The SMILES string of the molecule is CCN(C(=O)c1nn(-c2nc3ccccc3s2)c(=O)c2c1c1ccccc1n2C)c1ccccc1. The lowest BCUT2D eigenvalue weighted by Gasteiger charge is -2.21. The average molecular weight is 480 g/mol. The van der Waals surface area contributed by atoms with Gasteiger partial charge >= 0.3 is 0 Å². The summed E-state index contributed by atoms with van der Waals surface area (Å²) in [6.45, 7) is 2.38. The summed E-state index contributed by atoms with van der Waals surface area (Å²) in [5.41, 5.74) is 2.75. The number of amides is 1. The Morgan fingerprint density at radius 2 is 1.69 bits per heavy atom. The number of aromatic nitrogens is 4. The molecule has 0 aliphatic heterocycles. The number of para-hydroxylation sites is 3. The highest BCUT2D eigenvalue weighted by Gasteiger charge is 2.27. The number of hydrogen-bond acceptors (Lipinski definition) is 5. The molecule has 0 aliphatic carbocycles. The van der Waals surface area contributed by atoms with Crippen molar-refractivity contribution in [1.82, 2.24) is 19.3 Å². The Kier molecular flexibility index (Phi) is 4.96. The second kappa shape index (κ2) is 8.18. The molecular formula is C27H21N5O2S. The van der Waals surface area contributed by atoms with Crippen molar-refractivity contribution in [3.05, 3.63) is 94.9 Å². The number of hydrogen-bond donors (Lipinski definition) is 0. The number of thiazole rings is 1. The third-order valence-electron chi connectivity index (χ3n) is 6.23. The number of carbonyl (C=O) groups is 1. The maximum absolute atomic E-state index is 14.0. The summed E-state index contributed by atoms with van der Waals surface area (Å²) >= 11 is 1.37. The molecule has 35 heavy (non-hydrogen) atoms. The Morgan fingerprint density at radius 3 is 2.46 bits per heavy atom. The van der Waals surface area contributed by atoms with Crippen LogP contribution in [-0.2, 0) is 7.05 Å². The molecule has 7 nitrogen and oxygen atoms in total. The Morgan fingerprint density at radius 1 is 0.971 bits per heavy atom. The molecule has 0 N–H and O–H groups in total. The molecule has 0 aliphatic rings. The van der Waals surface area contributed by atoms with Gasteiger partial charge in [0.1, 0.15) is 5.52 Å². The molecule has 8 heteroatoms. The molecule has 172 valence electrons. The number of benzene rings is 3. The van der Waals surface area contributed by atoms with Gasteiger partial charge in [-0.3, -0.25) is 9.59 Å². The Bertz CT molecular complexity index is 1770. The van der Waals surface area contributed by atoms with E-state index in [-0.39, 0.29) is 17.2 Å². The minimum atomic E-state index is -0.308. The molecule has 3 heterocycles. The summed E-state index contributed by atoms with van der Waals surface area (Å²) in [5, 5.41) is 6.48. The first-order valence-corrected chi connectivity index (χ1v) is 12.1. The lowest BCUT2D eigenvalue weighted by atomic mass is 10.1. The van der Waals surface area contributed by atoms with Gasteiger partial charge in [-0.15, -0.1) is 0 Å². The molecule has 3 aromatic carbocycles. The van der Waals surface area contributed by atoms with E-state index in [9.17, 15) is 9.59 Å². The highest BCUT2D eigenvalue weighted by molar-refractivity contribution is 7.20. The fraction of sp³-hybridized carbons (Fsp3) is 0.111. The highest BCUT2D eigenvalue weighted by Crippen LogP contribution is 2.31. The van der Waals surface area contributed by atoms with Gasteiger partial charge in [-0.2, -0.15) is 9.78 Å². The van der Waals surface area contributed by atoms with Crippen molar-refractivity contribution in [3.63, 3.8) is 0 Å². The maximum Gasteiger partial charge on any atom is 0.298 e. The van der Waals surface area contributed by atoms with Crippen LogP contribution in [0.2, 0.25) is 0 Å². The number of anilines is 1. The van der Waals surface area contributed by atoms with Crippen molar-refractivity contribution < 1.29 is 4.79 Å². The summed E-state index contributed by atoms with van der Waals surface area (Å²) in [5.74, 6) is -0.269. The van der Waals surface area contributed by atoms with Crippen LogP contribution in [0.15, 0.2) is 83.7 Å². The third kappa shape index (κ3) is 3.25. The second-order valence-corrected chi connectivity index (χ2v) is 9.22. The van der Waals surface area contributed by atoms with Crippen LogP contribution < -0.4 is 10.5 Å². The predicted molar refractivity (Wildman–Crippen MR) is 141 cm³/mol. The standard InChI is InChI=1S/C27H21N5O2S/c1-3-31(17-11-5-4-6-12-17)25(33)23-22-18-13-7-9-15-20(18)30(2)24(22)26(34)32(29-23)27-28-19-14-8-10-16-21(19)35-27/h4-16H,3H2,1-2H3. The van der Waals surface area contributed by atoms with Gasteiger partial charge in [0, 0.05) is 35.6 Å². The zero-order chi connectivity index (χ0) is 24.1. The van der Waals surface area contributed by atoms with Gasteiger partial charge in [-0.1, -0.05) is 59.9 Å². The van der Waals surface area contributed by atoms with Crippen LogP contribution in [0.25, 0.3) is 37.2 Å². The summed E-state index contributed by atoms with van der Waals surface area (Å²) in [6, 6.07) is 24.9. The normalized spacial score (nSPS) is 11.5. The summed E-state index contributed by atoms with van der Waals surface area (Å²) in [6.07, 6.45) is 0. The lowest BCUT2D eigenvalue weighted by molar-refractivity contribution is 0.0983. The number of carbonyl (C=O) groups excluding carboxylic acids is 1. The fourth-order valence-electron chi connectivity index (χ4n) is 4.59. The van der Waals surface area contributed by atoms with Gasteiger partial charge in [0.25, 0.3) is 11.5 Å². The lowest BCUT2D eigenvalue weighted by Crippen LogP contribution is -2.34. The van der Waals surface area contributed by atoms with E-state index in [0.717, 1.165) is 26.8 Å². The first-order valence-electron chi connectivity index (χ1n) is 11.3. The van der Waals surface area contributed by atoms with Gasteiger partial charge < -0.3 is 9.47 Å². The zero-order valence-corrected chi connectivity index (χ0v) is 20.0. The van der Waals surface area contributed by atoms with Crippen molar-refractivity contribution in [1.29, 1.82) is 0 Å². The molecule has 0 saturated heterocycles. The minimum absolute atomic E-state index is 0.223. The predicted octanol–water partition coefficient (Wildman–Crippen LogP) is 5.15. The zero-order valence-electron chi connectivity index (χ0n) is 19.2. The van der Waals surface area contributed by atoms with E-state index < -0.39 is 0 Å². The van der Waals surface area contributed by atoms with Crippen LogP contribution >= 0.6 is 11.3 Å². The smallest absolute Gasteiger partial charge is 0.298 e. The maximum atomic E-state index is 14.0. The number of aryl methyl sites for hydroxylation is 1. The van der Waals surface area contributed by atoms with Crippen molar-refractivity contribution in [2.24, 2.45) is 7.05 Å². The van der Waals surface area contributed by atoms with E-state index in [1.807, 2.05) is 97.4 Å². The van der Waals surface area contributed by atoms with Crippen LogP contribution in [0.4, 0.5) is 5.69 Å². The number of nitrogens with zero attached hydrogens (tertiary/aromatic N) is 5. The molecular weight excluding hydrogens is 458 g/mol.